The molecule has 25 heavy (non-hydrogen) atoms. The van der Waals surface area contributed by atoms with Gasteiger partial charge in [-0.25, -0.2) is 0 Å². The lowest BCUT2D eigenvalue weighted by Gasteiger charge is -2.39. The van der Waals surface area contributed by atoms with Crippen molar-refractivity contribution < 1.29 is 9.53 Å². The van der Waals surface area contributed by atoms with Crippen LogP contribution in [0.5, 0.6) is 0 Å². The zero-order valence-electron chi connectivity index (χ0n) is 14.2. The number of amides is 1. The second kappa shape index (κ2) is 8.02. The van der Waals surface area contributed by atoms with Crippen molar-refractivity contribution in [3.63, 3.8) is 0 Å². The number of ether oxygens (including phenoxy) is 1. The molecule has 0 spiro atoms. The van der Waals surface area contributed by atoms with E-state index in [-0.39, 0.29) is 5.91 Å². The van der Waals surface area contributed by atoms with E-state index in [4.69, 9.17) is 4.74 Å². The van der Waals surface area contributed by atoms with Gasteiger partial charge in [0.05, 0.1) is 5.41 Å². The van der Waals surface area contributed by atoms with Crippen molar-refractivity contribution >= 4 is 37.8 Å². The summed E-state index contributed by atoms with van der Waals surface area (Å²) < 4.78 is 7.61. The monoisotopic (exact) mass is 465 g/mol. The normalized spacial score (nSPS) is 16.4. The third-order valence-corrected chi connectivity index (χ3v) is 5.89. The molecule has 1 saturated heterocycles. The number of carbonyl (C=O) groups is 1. The number of likely N-dealkylation sites (N-methyl/N-ethyl adjacent to an activating group) is 1. The van der Waals surface area contributed by atoms with Crippen molar-refractivity contribution in [2.45, 2.75) is 24.8 Å². The average molecular weight is 467 g/mol. The Morgan fingerprint density at radius 1 is 1.00 bits per heavy atom. The molecule has 0 aromatic heterocycles. The molecule has 2 aromatic rings. The molecule has 3 nitrogen and oxygen atoms in total. The van der Waals surface area contributed by atoms with Crippen molar-refractivity contribution in [1.29, 1.82) is 0 Å². The maximum atomic E-state index is 13.4. The Kier molecular flexibility index (Phi) is 5.97. The van der Waals surface area contributed by atoms with Gasteiger partial charge in [-0.05, 0) is 48.2 Å². The highest BCUT2D eigenvalue weighted by Gasteiger charge is 2.43. The summed E-state index contributed by atoms with van der Waals surface area (Å²) in [5.41, 5.74) is 1.70. The molecule has 5 heteroatoms. The molecule has 1 aliphatic heterocycles. The highest BCUT2D eigenvalue weighted by molar-refractivity contribution is 9.10. The third kappa shape index (κ3) is 4.15. The number of halogens is 2. The molecule has 1 aliphatic rings. The molecule has 0 saturated carbocycles. The second-order valence-electron chi connectivity index (χ2n) is 6.49. The van der Waals surface area contributed by atoms with Gasteiger partial charge >= 0.3 is 0 Å². The summed E-state index contributed by atoms with van der Waals surface area (Å²) in [6.07, 6.45) is 1.44. The van der Waals surface area contributed by atoms with Gasteiger partial charge in [0.1, 0.15) is 0 Å². The van der Waals surface area contributed by atoms with E-state index < -0.39 is 5.41 Å². The Labute approximate surface area is 165 Å². The maximum absolute atomic E-state index is 13.4. The van der Waals surface area contributed by atoms with Crippen molar-refractivity contribution in [3.8, 4) is 0 Å². The van der Waals surface area contributed by atoms with E-state index in [1.54, 1.807) is 0 Å². The summed E-state index contributed by atoms with van der Waals surface area (Å²) in [4.78, 5) is 15.3. The van der Waals surface area contributed by atoms with Crippen molar-refractivity contribution in [2.75, 3.05) is 20.3 Å². The molecule has 0 unspecified atom stereocenters. The van der Waals surface area contributed by atoms with Crippen LogP contribution in [0, 0.1) is 0 Å². The summed E-state index contributed by atoms with van der Waals surface area (Å²) in [6, 6.07) is 16.2. The number of hydrogen-bond acceptors (Lipinski definition) is 2. The predicted molar refractivity (Wildman–Crippen MR) is 106 cm³/mol. The summed E-state index contributed by atoms with van der Waals surface area (Å²) in [5, 5.41) is 0. The molecular formula is C20H21Br2NO2. The summed E-state index contributed by atoms with van der Waals surface area (Å²) >= 11 is 6.93. The minimum atomic E-state index is -0.497. The molecule has 3 rings (SSSR count). The molecule has 0 atom stereocenters. The molecule has 0 radical (unpaired) electrons. The number of rotatable bonds is 4. The molecule has 1 fully saturated rings. The van der Waals surface area contributed by atoms with E-state index in [0.29, 0.717) is 19.8 Å². The highest BCUT2D eigenvalue weighted by Crippen LogP contribution is 2.37. The Morgan fingerprint density at radius 2 is 1.52 bits per heavy atom. The lowest BCUT2D eigenvalue weighted by Crippen LogP contribution is -2.48. The second-order valence-corrected chi connectivity index (χ2v) is 8.32. The zero-order valence-corrected chi connectivity index (χ0v) is 17.3. The first kappa shape index (κ1) is 18.6. The Morgan fingerprint density at radius 3 is 2.08 bits per heavy atom. The lowest BCUT2D eigenvalue weighted by molar-refractivity contribution is -0.140. The molecule has 1 amide bonds. The SMILES string of the molecule is CN(Cc1ccc(Br)cc1)C(=O)C1(c2ccc(Br)cc2)CCOCC1. The zero-order chi connectivity index (χ0) is 17.9. The van der Waals surface area contributed by atoms with E-state index in [2.05, 4.69) is 44.0 Å². The predicted octanol–water partition coefficient (Wildman–Crippen LogP) is 4.92. The fourth-order valence-corrected chi connectivity index (χ4v) is 3.94. The lowest BCUT2D eigenvalue weighted by atomic mass is 9.73. The molecule has 132 valence electrons. The van der Waals surface area contributed by atoms with Crippen LogP contribution in [-0.2, 0) is 21.5 Å². The highest BCUT2D eigenvalue weighted by atomic mass is 79.9. The average Bonchev–Trinajstić information content (AvgIpc) is 2.64. The Bertz CT molecular complexity index is 722. The standard InChI is InChI=1S/C20H21Br2NO2/c1-23(14-15-2-6-17(21)7-3-15)19(24)20(10-12-25-13-11-20)16-4-8-18(22)9-5-16/h2-9H,10-14H2,1H3. The third-order valence-electron chi connectivity index (χ3n) is 4.83. The maximum Gasteiger partial charge on any atom is 0.233 e. The van der Waals surface area contributed by atoms with Crippen LogP contribution in [0.15, 0.2) is 57.5 Å². The van der Waals surface area contributed by atoms with Crippen LogP contribution in [0.1, 0.15) is 24.0 Å². The van der Waals surface area contributed by atoms with Gasteiger partial charge in [-0.1, -0.05) is 56.1 Å². The minimum Gasteiger partial charge on any atom is -0.381 e. The fraction of sp³-hybridized carbons (Fsp3) is 0.350. The molecule has 1 heterocycles. The Balaban J connectivity index is 1.86. The van der Waals surface area contributed by atoms with E-state index >= 15 is 0 Å². The van der Waals surface area contributed by atoms with Crippen LogP contribution in [0.2, 0.25) is 0 Å². The number of carbonyl (C=O) groups excluding carboxylic acids is 1. The molecule has 0 N–H and O–H groups in total. The fourth-order valence-electron chi connectivity index (χ4n) is 3.42. The van der Waals surface area contributed by atoms with Crippen LogP contribution in [0.25, 0.3) is 0 Å². The van der Waals surface area contributed by atoms with Crippen LogP contribution >= 0.6 is 31.9 Å². The van der Waals surface area contributed by atoms with Gasteiger partial charge in [-0.15, -0.1) is 0 Å². The number of nitrogens with zero attached hydrogens (tertiary/aromatic N) is 1. The van der Waals surface area contributed by atoms with Gasteiger partial charge in [0.25, 0.3) is 0 Å². The van der Waals surface area contributed by atoms with Crippen LogP contribution in [0.4, 0.5) is 0 Å². The summed E-state index contributed by atoms with van der Waals surface area (Å²) in [6.45, 7) is 1.84. The van der Waals surface area contributed by atoms with Crippen LogP contribution in [0.3, 0.4) is 0 Å². The number of benzene rings is 2. The van der Waals surface area contributed by atoms with Crippen LogP contribution in [-0.4, -0.2) is 31.1 Å². The Hall–Kier alpha value is -1.17. The van der Waals surface area contributed by atoms with E-state index in [0.717, 1.165) is 32.9 Å². The summed E-state index contributed by atoms with van der Waals surface area (Å²) in [7, 11) is 1.89. The molecule has 2 aromatic carbocycles. The number of hydrogen-bond donors (Lipinski definition) is 0. The van der Waals surface area contributed by atoms with Gasteiger partial charge in [0, 0.05) is 35.8 Å². The van der Waals surface area contributed by atoms with Crippen molar-refractivity contribution in [1.82, 2.24) is 4.90 Å². The van der Waals surface area contributed by atoms with Gasteiger partial charge in [-0.3, -0.25) is 4.79 Å². The molecular weight excluding hydrogens is 446 g/mol. The first-order valence-corrected chi connectivity index (χ1v) is 9.94. The quantitative estimate of drug-likeness (QED) is 0.640. The van der Waals surface area contributed by atoms with E-state index in [1.165, 1.54) is 0 Å². The van der Waals surface area contributed by atoms with Gasteiger partial charge < -0.3 is 9.64 Å². The van der Waals surface area contributed by atoms with Crippen molar-refractivity contribution in [3.05, 3.63) is 68.6 Å². The van der Waals surface area contributed by atoms with E-state index in [1.807, 2.05) is 48.3 Å². The van der Waals surface area contributed by atoms with Crippen LogP contribution < -0.4 is 0 Å². The van der Waals surface area contributed by atoms with E-state index in [9.17, 15) is 4.79 Å². The first-order valence-electron chi connectivity index (χ1n) is 8.35. The van der Waals surface area contributed by atoms with Gasteiger partial charge in [-0.2, -0.15) is 0 Å². The minimum absolute atomic E-state index is 0.168. The largest absolute Gasteiger partial charge is 0.381 e. The van der Waals surface area contributed by atoms with Gasteiger partial charge in [0.15, 0.2) is 0 Å². The molecule has 0 bridgehead atoms. The first-order chi connectivity index (χ1) is 12.0. The van der Waals surface area contributed by atoms with Crippen molar-refractivity contribution in [2.24, 2.45) is 0 Å². The molecule has 0 aliphatic carbocycles. The summed E-state index contributed by atoms with van der Waals surface area (Å²) in [5.74, 6) is 0.168. The van der Waals surface area contributed by atoms with Gasteiger partial charge in [0.2, 0.25) is 5.91 Å². The topological polar surface area (TPSA) is 29.5 Å². The smallest absolute Gasteiger partial charge is 0.233 e.